The van der Waals surface area contributed by atoms with E-state index >= 15 is 0 Å². The molecule has 2 heterocycles. The third-order valence-corrected chi connectivity index (χ3v) is 6.19. The fourth-order valence-electron chi connectivity index (χ4n) is 3.16. The van der Waals surface area contributed by atoms with Gasteiger partial charge in [0.05, 0.1) is 4.91 Å². The van der Waals surface area contributed by atoms with E-state index < -0.39 is 0 Å². The van der Waals surface area contributed by atoms with Crippen molar-refractivity contribution in [3.05, 3.63) is 58.5 Å². The number of rotatable bonds is 6. The summed E-state index contributed by atoms with van der Waals surface area (Å²) in [5.41, 5.74) is 2.34. The van der Waals surface area contributed by atoms with Crippen LogP contribution in [0.3, 0.4) is 0 Å². The normalized spacial score (nSPS) is 16.2. The van der Waals surface area contributed by atoms with Crippen LogP contribution in [-0.4, -0.2) is 55.0 Å². The van der Waals surface area contributed by atoms with Gasteiger partial charge in [0.2, 0.25) is 6.79 Å². The molecule has 4 rings (SSSR count). The van der Waals surface area contributed by atoms with Crippen molar-refractivity contribution < 1.29 is 19.1 Å². The van der Waals surface area contributed by atoms with Crippen LogP contribution in [0.25, 0.3) is 6.08 Å². The summed E-state index contributed by atoms with van der Waals surface area (Å²) < 4.78 is 11.2. The third-order valence-electron chi connectivity index (χ3n) is 4.81. The van der Waals surface area contributed by atoms with Gasteiger partial charge in [0.15, 0.2) is 11.5 Å². The predicted octanol–water partition coefficient (Wildman–Crippen LogP) is 3.11. The molecule has 0 saturated carbocycles. The maximum Gasteiger partial charge on any atom is 0.266 e. The quantitative estimate of drug-likeness (QED) is 0.530. The summed E-state index contributed by atoms with van der Waals surface area (Å²) in [7, 11) is 3.84. The highest BCUT2D eigenvalue weighted by atomic mass is 32.2. The Morgan fingerprint density at radius 2 is 2.03 bits per heavy atom. The highest BCUT2D eigenvalue weighted by Crippen LogP contribution is 2.36. The van der Waals surface area contributed by atoms with Crippen molar-refractivity contribution in [1.82, 2.24) is 10.2 Å². The number of nitrogens with one attached hydrogen (secondary N) is 1. The number of anilines is 1. The first-order valence-electron chi connectivity index (χ1n) is 9.63. The zero-order valence-corrected chi connectivity index (χ0v) is 18.7. The number of hydrogen-bond donors (Lipinski definition) is 1. The number of nitrogens with zero attached hydrogens (tertiary/aromatic N) is 2. The summed E-state index contributed by atoms with van der Waals surface area (Å²) in [4.78, 5) is 29.2. The molecule has 1 N–H and O–H groups in total. The van der Waals surface area contributed by atoms with Gasteiger partial charge in [-0.05, 0) is 42.0 Å². The Morgan fingerprint density at radius 1 is 1.23 bits per heavy atom. The average molecular weight is 456 g/mol. The molecule has 0 aromatic heterocycles. The molecule has 0 radical (unpaired) electrons. The zero-order valence-electron chi connectivity index (χ0n) is 17.1. The molecule has 0 aliphatic carbocycles. The van der Waals surface area contributed by atoms with Gasteiger partial charge < -0.3 is 19.7 Å². The lowest BCUT2D eigenvalue weighted by Crippen LogP contribution is -2.37. The first-order valence-corrected chi connectivity index (χ1v) is 10.9. The first kappa shape index (κ1) is 21.2. The van der Waals surface area contributed by atoms with Crippen LogP contribution in [0.15, 0.2) is 47.4 Å². The Balaban J connectivity index is 1.36. The topological polar surface area (TPSA) is 71.1 Å². The maximum absolute atomic E-state index is 12.8. The summed E-state index contributed by atoms with van der Waals surface area (Å²) >= 11 is 6.62. The van der Waals surface area contributed by atoms with Crippen molar-refractivity contribution in [2.75, 3.05) is 38.9 Å². The monoisotopic (exact) mass is 455 g/mol. The summed E-state index contributed by atoms with van der Waals surface area (Å²) in [6, 6.07) is 12.9. The molecule has 0 atom stereocenters. The van der Waals surface area contributed by atoms with Gasteiger partial charge in [0.1, 0.15) is 4.32 Å². The first-order chi connectivity index (χ1) is 14.9. The second-order valence-corrected chi connectivity index (χ2v) is 8.82. The number of hydrogen-bond acceptors (Lipinski definition) is 7. The molecule has 0 spiro atoms. The molecule has 1 fully saturated rings. The molecule has 0 bridgehead atoms. The average Bonchev–Trinajstić information content (AvgIpc) is 3.33. The zero-order chi connectivity index (χ0) is 22.0. The summed E-state index contributed by atoms with van der Waals surface area (Å²) in [5, 5.41) is 2.86. The lowest BCUT2D eigenvalue weighted by molar-refractivity contribution is -0.122. The van der Waals surface area contributed by atoms with Crippen molar-refractivity contribution >= 4 is 51.9 Å². The predicted molar refractivity (Wildman–Crippen MR) is 126 cm³/mol. The van der Waals surface area contributed by atoms with Gasteiger partial charge in [-0.2, -0.15) is 0 Å². The number of thioether (sulfide) groups is 1. The second kappa shape index (κ2) is 8.99. The molecule has 2 amide bonds. The van der Waals surface area contributed by atoms with Gasteiger partial charge in [-0.25, -0.2) is 0 Å². The van der Waals surface area contributed by atoms with E-state index in [9.17, 15) is 9.59 Å². The fraction of sp³-hybridized carbons (Fsp3) is 0.227. The van der Waals surface area contributed by atoms with Crippen molar-refractivity contribution in [1.29, 1.82) is 0 Å². The van der Waals surface area contributed by atoms with Crippen LogP contribution in [0.1, 0.15) is 15.9 Å². The molecule has 31 heavy (non-hydrogen) atoms. The summed E-state index contributed by atoms with van der Waals surface area (Å²) in [5.74, 6) is 0.989. The van der Waals surface area contributed by atoms with Crippen LogP contribution in [-0.2, 0) is 4.79 Å². The second-order valence-electron chi connectivity index (χ2n) is 7.15. The van der Waals surface area contributed by atoms with Crippen LogP contribution in [0.4, 0.5) is 5.69 Å². The van der Waals surface area contributed by atoms with Gasteiger partial charge in [-0.1, -0.05) is 36.1 Å². The Bertz CT molecular complexity index is 1080. The van der Waals surface area contributed by atoms with Gasteiger partial charge in [0.25, 0.3) is 11.8 Å². The Hall–Kier alpha value is -3.04. The Kier molecular flexibility index (Phi) is 6.15. The van der Waals surface area contributed by atoms with E-state index in [4.69, 9.17) is 21.7 Å². The van der Waals surface area contributed by atoms with Crippen LogP contribution < -0.4 is 19.7 Å². The summed E-state index contributed by atoms with van der Waals surface area (Å²) in [6.07, 6.45) is 1.78. The fourth-order valence-corrected chi connectivity index (χ4v) is 4.46. The van der Waals surface area contributed by atoms with Crippen molar-refractivity contribution in [2.24, 2.45) is 0 Å². The lowest BCUT2D eigenvalue weighted by atomic mass is 10.2. The Morgan fingerprint density at radius 3 is 2.84 bits per heavy atom. The molecule has 2 aromatic carbocycles. The molecule has 2 aliphatic rings. The lowest BCUT2D eigenvalue weighted by Gasteiger charge is -2.16. The van der Waals surface area contributed by atoms with E-state index in [0.717, 1.165) is 11.3 Å². The maximum atomic E-state index is 12.8. The van der Waals surface area contributed by atoms with Crippen molar-refractivity contribution in [3.8, 4) is 11.5 Å². The van der Waals surface area contributed by atoms with Gasteiger partial charge in [-0.3, -0.25) is 14.5 Å². The molecule has 160 valence electrons. The minimum atomic E-state index is -0.190. The van der Waals surface area contributed by atoms with E-state index in [-0.39, 0.29) is 18.6 Å². The number of carbonyl (C=O) groups is 2. The van der Waals surface area contributed by atoms with E-state index in [1.54, 1.807) is 12.1 Å². The number of ether oxygens (including phenoxy) is 2. The van der Waals surface area contributed by atoms with E-state index in [2.05, 4.69) is 5.32 Å². The number of benzene rings is 2. The van der Waals surface area contributed by atoms with Gasteiger partial charge in [0, 0.05) is 38.4 Å². The molecule has 2 aliphatic heterocycles. The third kappa shape index (κ3) is 4.67. The molecule has 9 heteroatoms. The van der Waals surface area contributed by atoms with Crippen LogP contribution in [0.2, 0.25) is 0 Å². The highest BCUT2D eigenvalue weighted by molar-refractivity contribution is 8.26. The SMILES string of the molecule is CN(C)c1cccc(C(=O)NCCN2C(=O)/C(=C/c3ccc4c(c3)OCO4)SC2=S)c1. The van der Waals surface area contributed by atoms with Crippen molar-refractivity contribution in [3.63, 3.8) is 0 Å². The number of amides is 2. The van der Waals surface area contributed by atoms with Crippen LogP contribution in [0.5, 0.6) is 11.5 Å². The highest BCUT2D eigenvalue weighted by Gasteiger charge is 2.31. The minimum absolute atomic E-state index is 0.170. The number of thiocarbonyl (C=S) groups is 1. The smallest absolute Gasteiger partial charge is 0.266 e. The molecule has 1 saturated heterocycles. The van der Waals surface area contributed by atoms with Gasteiger partial charge in [-0.15, -0.1) is 0 Å². The van der Waals surface area contributed by atoms with Crippen LogP contribution >= 0.6 is 24.0 Å². The van der Waals surface area contributed by atoms with E-state index in [1.807, 2.05) is 55.4 Å². The Labute approximate surface area is 190 Å². The largest absolute Gasteiger partial charge is 0.454 e. The molecule has 7 nitrogen and oxygen atoms in total. The molecular formula is C22H21N3O4S2. The standard InChI is InChI=1S/C22H21N3O4S2/c1-24(2)16-5-3-4-15(12-16)20(26)23-8-9-25-21(27)19(31-22(25)30)11-14-6-7-17-18(10-14)29-13-28-17/h3-7,10-12H,8-9,13H2,1-2H3,(H,23,26)/b19-11-. The molecular weight excluding hydrogens is 434 g/mol. The van der Waals surface area contributed by atoms with E-state index in [1.165, 1.54) is 16.7 Å². The van der Waals surface area contributed by atoms with E-state index in [0.29, 0.717) is 39.4 Å². The van der Waals surface area contributed by atoms with Crippen LogP contribution in [0, 0.1) is 0 Å². The van der Waals surface area contributed by atoms with Gasteiger partial charge >= 0.3 is 0 Å². The summed E-state index contributed by atoms with van der Waals surface area (Å²) in [6.45, 7) is 0.809. The number of carbonyl (C=O) groups excluding carboxylic acids is 2. The molecule has 2 aromatic rings. The minimum Gasteiger partial charge on any atom is -0.454 e. The molecule has 0 unspecified atom stereocenters. The van der Waals surface area contributed by atoms with Crippen molar-refractivity contribution in [2.45, 2.75) is 0 Å². The number of fused-ring (bicyclic) bond motifs is 1.